The smallest absolute Gasteiger partial charge is 0.250 e. The van der Waals surface area contributed by atoms with E-state index in [1.165, 1.54) is 19.2 Å². The van der Waals surface area contributed by atoms with Crippen LogP contribution in [0.15, 0.2) is 17.2 Å². The van der Waals surface area contributed by atoms with Crippen LogP contribution in [-0.4, -0.2) is 22.6 Å². The molecule has 0 amide bonds. The van der Waals surface area contributed by atoms with Gasteiger partial charge in [0.15, 0.2) is 0 Å². The van der Waals surface area contributed by atoms with Crippen LogP contribution in [0.5, 0.6) is 0 Å². The molecular weight excluding hydrogens is 166 g/mol. The molecule has 1 aliphatic heterocycles. The Morgan fingerprint density at radius 1 is 1.62 bits per heavy atom. The Morgan fingerprint density at radius 2 is 2.54 bits per heavy atom. The number of hydrogen-bond donors (Lipinski definition) is 2. The average molecular weight is 179 g/mol. The zero-order valence-electron chi connectivity index (χ0n) is 7.42. The molecule has 1 aliphatic rings. The summed E-state index contributed by atoms with van der Waals surface area (Å²) in [4.78, 5) is 17.6. The van der Waals surface area contributed by atoms with Gasteiger partial charge in [-0.25, -0.2) is 4.98 Å². The summed E-state index contributed by atoms with van der Waals surface area (Å²) >= 11 is 0. The highest BCUT2D eigenvalue weighted by atomic mass is 16.1. The molecule has 2 rings (SSSR count). The highest BCUT2D eigenvalue weighted by Gasteiger charge is 2.14. The number of hydrogen-bond acceptors (Lipinski definition) is 3. The number of H-pyrrole nitrogens is 1. The molecule has 1 aromatic rings. The number of aromatic nitrogens is 2. The van der Waals surface area contributed by atoms with Crippen molar-refractivity contribution in [1.29, 1.82) is 0 Å². The fraction of sp³-hybridized carbons (Fsp3) is 0.556. The first-order valence-electron chi connectivity index (χ1n) is 4.61. The third kappa shape index (κ3) is 2.15. The standard InChI is InChI=1S/C9H13N3O/c13-9-5-8(11-6-12-9)4-7-2-1-3-10-7/h5-7,10H,1-4H2,(H,11,12,13). The topological polar surface area (TPSA) is 57.8 Å². The lowest BCUT2D eigenvalue weighted by Crippen LogP contribution is -2.24. The zero-order chi connectivity index (χ0) is 9.10. The van der Waals surface area contributed by atoms with Crippen molar-refractivity contribution in [3.63, 3.8) is 0 Å². The first-order valence-corrected chi connectivity index (χ1v) is 4.61. The van der Waals surface area contributed by atoms with E-state index in [1.54, 1.807) is 6.07 Å². The van der Waals surface area contributed by atoms with Gasteiger partial charge in [-0.1, -0.05) is 0 Å². The highest BCUT2D eigenvalue weighted by molar-refractivity contribution is 5.01. The van der Waals surface area contributed by atoms with Gasteiger partial charge in [0.05, 0.1) is 6.33 Å². The minimum atomic E-state index is -0.0667. The lowest BCUT2D eigenvalue weighted by atomic mass is 10.1. The molecule has 0 radical (unpaired) electrons. The summed E-state index contributed by atoms with van der Waals surface area (Å²) in [5, 5.41) is 3.37. The lowest BCUT2D eigenvalue weighted by molar-refractivity contribution is 0.594. The van der Waals surface area contributed by atoms with Gasteiger partial charge in [0, 0.05) is 24.2 Å². The second kappa shape index (κ2) is 3.70. The van der Waals surface area contributed by atoms with E-state index < -0.39 is 0 Å². The Balaban J connectivity index is 2.04. The van der Waals surface area contributed by atoms with E-state index in [0.29, 0.717) is 6.04 Å². The van der Waals surface area contributed by atoms with Crippen LogP contribution in [0, 0.1) is 0 Å². The van der Waals surface area contributed by atoms with E-state index in [2.05, 4.69) is 15.3 Å². The van der Waals surface area contributed by atoms with Crippen molar-refractivity contribution in [3.05, 3.63) is 28.4 Å². The van der Waals surface area contributed by atoms with Crippen molar-refractivity contribution in [2.45, 2.75) is 25.3 Å². The maximum Gasteiger partial charge on any atom is 0.250 e. The molecule has 13 heavy (non-hydrogen) atoms. The molecule has 0 aliphatic carbocycles. The van der Waals surface area contributed by atoms with Crippen LogP contribution in [0.3, 0.4) is 0 Å². The van der Waals surface area contributed by atoms with E-state index in [9.17, 15) is 4.79 Å². The fourth-order valence-corrected chi connectivity index (χ4v) is 1.70. The molecule has 0 saturated carbocycles. The number of nitrogens with zero attached hydrogens (tertiary/aromatic N) is 1. The summed E-state index contributed by atoms with van der Waals surface area (Å²) in [5.41, 5.74) is 0.811. The summed E-state index contributed by atoms with van der Waals surface area (Å²) in [6.07, 6.45) is 4.75. The SMILES string of the molecule is O=c1cc(CC2CCCN2)nc[nH]1. The Kier molecular flexibility index (Phi) is 2.40. The molecule has 1 atom stereocenters. The van der Waals surface area contributed by atoms with Crippen molar-refractivity contribution < 1.29 is 0 Å². The number of aromatic amines is 1. The van der Waals surface area contributed by atoms with Gasteiger partial charge in [0.25, 0.3) is 5.56 Å². The maximum atomic E-state index is 10.9. The van der Waals surface area contributed by atoms with E-state index in [0.717, 1.165) is 18.7 Å². The Bertz CT molecular complexity index is 328. The molecule has 1 saturated heterocycles. The molecular formula is C9H13N3O. The normalized spacial score (nSPS) is 22.0. The first-order chi connectivity index (χ1) is 6.34. The minimum Gasteiger partial charge on any atom is -0.314 e. The molecule has 1 fully saturated rings. The van der Waals surface area contributed by atoms with Crippen molar-refractivity contribution in [1.82, 2.24) is 15.3 Å². The zero-order valence-corrected chi connectivity index (χ0v) is 7.42. The largest absolute Gasteiger partial charge is 0.314 e. The van der Waals surface area contributed by atoms with Crippen molar-refractivity contribution >= 4 is 0 Å². The van der Waals surface area contributed by atoms with Gasteiger partial charge in [-0.05, 0) is 19.4 Å². The molecule has 1 aromatic heterocycles. The van der Waals surface area contributed by atoms with Gasteiger partial charge in [0.1, 0.15) is 0 Å². The van der Waals surface area contributed by atoms with Crippen LogP contribution in [0.4, 0.5) is 0 Å². The first kappa shape index (κ1) is 8.44. The van der Waals surface area contributed by atoms with Crippen LogP contribution in [0.25, 0.3) is 0 Å². The molecule has 70 valence electrons. The average Bonchev–Trinajstić information content (AvgIpc) is 2.57. The van der Waals surface area contributed by atoms with Gasteiger partial charge in [-0.2, -0.15) is 0 Å². The lowest BCUT2D eigenvalue weighted by Gasteiger charge is -2.07. The summed E-state index contributed by atoms with van der Waals surface area (Å²) in [5.74, 6) is 0. The van der Waals surface area contributed by atoms with Gasteiger partial charge < -0.3 is 10.3 Å². The van der Waals surface area contributed by atoms with Gasteiger partial charge >= 0.3 is 0 Å². The fourth-order valence-electron chi connectivity index (χ4n) is 1.70. The molecule has 2 N–H and O–H groups in total. The monoisotopic (exact) mass is 179 g/mol. The molecule has 2 heterocycles. The summed E-state index contributed by atoms with van der Waals surface area (Å²) in [7, 11) is 0. The summed E-state index contributed by atoms with van der Waals surface area (Å²) < 4.78 is 0. The molecule has 0 spiro atoms. The van der Waals surface area contributed by atoms with Crippen molar-refractivity contribution in [2.24, 2.45) is 0 Å². The van der Waals surface area contributed by atoms with Gasteiger partial charge in [-0.15, -0.1) is 0 Å². The Labute approximate surface area is 76.4 Å². The predicted octanol–water partition coefficient (Wildman–Crippen LogP) is 0.0644. The van der Waals surface area contributed by atoms with Crippen molar-refractivity contribution in [3.8, 4) is 0 Å². The number of rotatable bonds is 2. The Morgan fingerprint density at radius 3 is 3.23 bits per heavy atom. The van der Waals surface area contributed by atoms with Crippen LogP contribution in [-0.2, 0) is 6.42 Å². The summed E-state index contributed by atoms with van der Waals surface area (Å²) in [6.45, 7) is 1.09. The second-order valence-corrected chi connectivity index (χ2v) is 3.40. The number of nitrogens with one attached hydrogen (secondary N) is 2. The van der Waals surface area contributed by atoms with Crippen molar-refractivity contribution in [2.75, 3.05) is 6.54 Å². The molecule has 4 heteroatoms. The third-order valence-corrected chi connectivity index (χ3v) is 2.35. The predicted molar refractivity (Wildman–Crippen MR) is 49.6 cm³/mol. The van der Waals surface area contributed by atoms with Crippen LogP contribution >= 0.6 is 0 Å². The maximum absolute atomic E-state index is 10.9. The van der Waals surface area contributed by atoms with E-state index in [4.69, 9.17) is 0 Å². The van der Waals surface area contributed by atoms with Gasteiger partial charge in [0.2, 0.25) is 0 Å². The third-order valence-electron chi connectivity index (χ3n) is 2.35. The van der Waals surface area contributed by atoms with E-state index >= 15 is 0 Å². The summed E-state index contributed by atoms with van der Waals surface area (Å²) in [6, 6.07) is 2.08. The van der Waals surface area contributed by atoms with E-state index in [-0.39, 0.29) is 5.56 Å². The van der Waals surface area contributed by atoms with E-state index in [1.807, 2.05) is 0 Å². The Hall–Kier alpha value is -1.16. The molecule has 0 aromatic carbocycles. The minimum absolute atomic E-state index is 0.0667. The van der Waals surface area contributed by atoms with Gasteiger partial charge in [-0.3, -0.25) is 4.79 Å². The van der Waals surface area contributed by atoms with Crippen LogP contribution in [0.2, 0.25) is 0 Å². The quantitative estimate of drug-likeness (QED) is 0.675. The second-order valence-electron chi connectivity index (χ2n) is 3.40. The molecule has 1 unspecified atom stereocenters. The molecule has 4 nitrogen and oxygen atoms in total. The molecule has 0 bridgehead atoms. The van der Waals surface area contributed by atoms with Crippen LogP contribution in [0.1, 0.15) is 18.5 Å². The van der Waals surface area contributed by atoms with Crippen LogP contribution < -0.4 is 10.9 Å². The highest BCUT2D eigenvalue weighted by Crippen LogP contribution is 2.08.